The molecule has 0 unspecified atom stereocenters. The lowest BCUT2D eigenvalue weighted by atomic mass is 10.2. The zero-order valence-corrected chi connectivity index (χ0v) is 8.26. The summed E-state index contributed by atoms with van der Waals surface area (Å²) >= 11 is 0. The Bertz CT molecular complexity index is 185. The number of carbonyl (C=O) groups excluding carboxylic acids is 1. The van der Waals surface area contributed by atoms with Crippen molar-refractivity contribution < 1.29 is 13.9 Å². The maximum Gasteiger partial charge on any atom is 0.407 e. The zero-order chi connectivity index (χ0) is 10.3. The molecule has 3 nitrogen and oxygen atoms in total. The SMILES string of the molecule is CC(C)(C)OC(=O)NC/C=C/CF. The summed E-state index contributed by atoms with van der Waals surface area (Å²) in [5.74, 6) is 0. The molecular formula is C9H16FNO2. The third-order valence-electron chi connectivity index (χ3n) is 1.02. The van der Waals surface area contributed by atoms with E-state index in [-0.39, 0.29) is 0 Å². The predicted octanol–water partition coefficient (Wildman–Crippen LogP) is 2.04. The summed E-state index contributed by atoms with van der Waals surface area (Å²) in [6, 6.07) is 0. The number of allylic oxidation sites excluding steroid dienone is 1. The summed E-state index contributed by atoms with van der Waals surface area (Å²) in [4.78, 5) is 11.0. The Morgan fingerprint density at radius 2 is 2.08 bits per heavy atom. The number of amides is 1. The maximum absolute atomic E-state index is 11.6. The first-order valence-electron chi connectivity index (χ1n) is 4.13. The lowest BCUT2D eigenvalue weighted by molar-refractivity contribution is 0.0534. The highest BCUT2D eigenvalue weighted by molar-refractivity contribution is 5.67. The molecule has 13 heavy (non-hydrogen) atoms. The largest absolute Gasteiger partial charge is 0.444 e. The summed E-state index contributed by atoms with van der Waals surface area (Å²) in [7, 11) is 0. The van der Waals surface area contributed by atoms with Crippen molar-refractivity contribution >= 4 is 6.09 Å². The maximum atomic E-state index is 11.6. The van der Waals surface area contributed by atoms with Crippen molar-refractivity contribution in [3.63, 3.8) is 0 Å². The molecule has 0 aromatic rings. The van der Waals surface area contributed by atoms with Crippen LogP contribution in [0.2, 0.25) is 0 Å². The van der Waals surface area contributed by atoms with Crippen LogP contribution in [0.5, 0.6) is 0 Å². The number of carbonyl (C=O) groups is 1. The fourth-order valence-electron chi connectivity index (χ4n) is 0.603. The van der Waals surface area contributed by atoms with Crippen molar-refractivity contribution in [2.75, 3.05) is 13.2 Å². The van der Waals surface area contributed by atoms with Gasteiger partial charge in [0.2, 0.25) is 0 Å². The summed E-state index contributed by atoms with van der Waals surface area (Å²) in [6.07, 6.45) is 2.37. The van der Waals surface area contributed by atoms with Crippen LogP contribution in [0.15, 0.2) is 12.2 Å². The molecule has 0 saturated carbocycles. The molecule has 4 heteroatoms. The first kappa shape index (κ1) is 11.9. The van der Waals surface area contributed by atoms with Crippen molar-refractivity contribution in [3.8, 4) is 0 Å². The van der Waals surface area contributed by atoms with Crippen molar-refractivity contribution in [3.05, 3.63) is 12.2 Å². The highest BCUT2D eigenvalue weighted by Crippen LogP contribution is 2.05. The molecule has 0 aromatic carbocycles. The van der Waals surface area contributed by atoms with Gasteiger partial charge in [0.25, 0.3) is 0 Å². The third kappa shape index (κ3) is 8.85. The van der Waals surface area contributed by atoms with Gasteiger partial charge in [0, 0.05) is 6.54 Å². The number of halogens is 1. The number of alkyl halides is 1. The van der Waals surface area contributed by atoms with Gasteiger partial charge in [-0.05, 0) is 20.8 Å². The number of hydrogen-bond donors (Lipinski definition) is 1. The molecule has 0 bridgehead atoms. The Morgan fingerprint density at radius 3 is 2.54 bits per heavy atom. The van der Waals surface area contributed by atoms with Crippen molar-refractivity contribution in [2.24, 2.45) is 0 Å². The fourth-order valence-corrected chi connectivity index (χ4v) is 0.603. The van der Waals surface area contributed by atoms with Crippen LogP contribution in [0.3, 0.4) is 0 Å². The van der Waals surface area contributed by atoms with Gasteiger partial charge in [0.1, 0.15) is 12.3 Å². The second kappa shape index (κ2) is 5.56. The minimum Gasteiger partial charge on any atom is -0.444 e. The van der Waals surface area contributed by atoms with E-state index in [1.54, 1.807) is 20.8 Å². The highest BCUT2D eigenvalue weighted by Gasteiger charge is 2.14. The summed E-state index contributed by atoms with van der Waals surface area (Å²) < 4.78 is 16.5. The number of ether oxygens (including phenoxy) is 1. The zero-order valence-electron chi connectivity index (χ0n) is 8.26. The Balaban J connectivity index is 3.58. The summed E-state index contributed by atoms with van der Waals surface area (Å²) in [6.45, 7) is 5.12. The van der Waals surface area contributed by atoms with E-state index in [1.165, 1.54) is 12.2 Å². The van der Waals surface area contributed by atoms with Crippen LogP contribution < -0.4 is 5.32 Å². The molecule has 0 saturated heterocycles. The van der Waals surface area contributed by atoms with Gasteiger partial charge in [0.05, 0.1) is 0 Å². The first-order chi connectivity index (χ1) is 5.95. The van der Waals surface area contributed by atoms with E-state index in [4.69, 9.17) is 4.74 Å². The van der Waals surface area contributed by atoms with Gasteiger partial charge in [0.15, 0.2) is 0 Å². The van der Waals surface area contributed by atoms with Crippen LogP contribution in [0.25, 0.3) is 0 Å². The first-order valence-corrected chi connectivity index (χ1v) is 4.13. The molecule has 0 aliphatic carbocycles. The van der Waals surface area contributed by atoms with Crippen LogP contribution in [-0.4, -0.2) is 24.9 Å². The molecule has 0 aliphatic rings. The van der Waals surface area contributed by atoms with Crippen molar-refractivity contribution in [2.45, 2.75) is 26.4 Å². The molecule has 0 radical (unpaired) electrons. The number of hydrogen-bond acceptors (Lipinski definition) is 2. The van der Waals surface area contributed by atoms with Crippen LogP contribution >= 0.6 is 0 Å². The average molecular weight is 189 g/mol. The Morgan fingerprint density at radius 1 is 1.46 bits per heavy atom. The van der Waals surface area contributed by atoms with Gasteiger partial charge in [-0.2, -0.15) is 0 Å². The molecule has 1 N–H and O–H groups in total. The topological polar surface area (TPSA) is 38.3 Å². The van der Waals surface area contributed by atoms with Gasteiger partial charge in [-0.15, -0.1) is 0 Å². The fraction of sp³-hybridized carbons (Fsp3) is 0.667. The predicted molar refractivity (Wildman–Crippen MR) is 49.4 cm³/mol. The Labute approximate surface area is 78.0 Å². The lowest BCUT2D eigenvalue weighted by Gasteiger charge is -2.19. The van der Waals surface area contributed by atoms with Crippen molar-refractivity contribution in [1.82, 2.24) is 5.32 Å². The van der Waals surface area contributed by atoms with Crippen LogP contribution in [0.4, 0.5) is 9.18 Å². The van der Waals surface area contributed by atoms with E-state index in [0.29, 0.717) is 6.54 Å². The molecule has 0 fully saturated rings. The molecule has 0 aliphatic heterocycles. The van der Waals surface area contributed by atoms with Crippen molar-refractivity contribution in [1.29, 1.82) is 0 Å². The number of nitrogens with one attached hydrogen (secondary N) is 1. The lowest BCUT2D eigenvalue weighted by Crippen LogP contribution is -2.32. The van der Waals surface area contributed by atoms with E-state index >= 15 is 0 Å². The van der Waals surface area contributed by atoms with E-state index in [0.717, 1.165) is 0 Å². The van der Waals surface area contributed by atoms with Crippen LogP contribution in [0.1, 0.15) is 20.8 Å². The monoisotopic (exact) mass is 189 g/mol. The highest BCUT2D eigenvalue weighted by atomic mass is 19.1. The average Bonchev–Trinajstić information content (AvgIpc) is 1.94. The molecule has 0 aromatic heterocycles. The minimum atomic E-state index is -0.518. The smallest absolute Gasteiger partial charge is 0.407 e. The van der Waals surface area contributed by atoms with E-state index in [1.807, 2.05) is 0 Å². The van der Waals surface area contributed by atoms with E-state index in [9.17, 15) is 9.18 Å². The number of alkyl carbamates (subject to hydrolysis) is 1. The normalized spacial score (nSPS) is 11.7. The molecule has 1 amide bonds. The molecule has 76 valence electrons. The standard InChI is InChI=1S/C9H16FNO2/c1-9(2,3)13-8(12)11-7-5-4-6-10/h4-5H,6-7H2,1-3H3,(H,11,12)/b5-4+. The quantitative estimate of drug-likeness (QED) is 0.690. The van der Waals surface area contributed by atoms with Gasteiger partial charge in [-0.25, -0.2) is 9.18 Å². The second-order valence-corrected chi connectivity index (χ2v) is 3.51. The minimum absolute atomic E-state index is 0.291. The van der Waals surface area contributed by atoms with Gasteiger partial charge < -0.3 is 10.1 Å². The number of rotatable bonds is 3. The van der Waals surface area contributed by atoms with Crippen LogP contribution in [-0.2, 0) is 4.74 Å². The second-order valence-electron chi connectivity index (χ2n) is 3.51. The summed E-state index contributed by atoms with van der Waals surface area (Å²) in [5.41, 5.74) is -0.492. The van der Waals surface area contributed by atoms with Crippen LogP contribution in [0, 0.1) is 0 Å². The van der Waals surface area contributed by atoms with Gasteiger partial charge >= 0.3 is 6.09 Å². The van der Waals surface area contributed by atoms with E-state index < -0.39 is 18.4 Å². The third-order valence-corrected chi connectivity index (χ3v) is 1.02. The van der Waals surface area contributed by atoms with Gasteiger partial charge in [-0.1, -0.05) is 12.2 Å². The Hall–Kier alpha value is -1.06. The molecule has 0 rings (SSSR count). The molecule has 0 atom stereocenters. The molecule has 0 spiro atoms. The van der Waals surface area contributed by atoms with Gasteiger partial charge in [-0.3, -0.25) is 0 Å². The summed E-state index contributed by atoms with van der Waals surface area (Å²) in [5, 5.41) is 2.46. The molecular weight excluding hydrogens is 173 g/mol. The van der Waals surface area contributed by atoms with E-state index in [2.05, 4.69) is 5.32 Å². The molecule has 0 heterocycles. The Kier molecular flexibility index (Phi) is 5.11.